The van der Waals surface area contributed by atoms with E-state index in [0.29, 0.717) is 17.8 Å². The van der Waals surface area contributed by atoms with Crippen molar-refractivity contribution >= 4 is 0 Å². The minimum Gasteiger partial charge on any atom is -0.375 e. The van der Waals surface area contributed by atoms with Crippen LogP contribution in [0.15, 0.2) is 0 Å². The molecule has 2 nitrogen and oxygen atoms in total. The van der Waals surface area contributed by atoms with Crippen LogP contribution in [0.2, 0.25) is 0 Å². The molecule has 0 unspecified atom stereocenters. The number of nitriles is 1. The molecule has 22 heavy (non-hydrogen) atoms. The van der Waals surface area contributed by atoms with Gasteiger partial charge in [0, 0.05) is 5.41 Å². The van der Waals surface area contributed by atoms with Crippen LogP contribution in [0.5, 0.6) is 0 Å². The van der Waals surface area contributed by atoms with Crippen molar-refractivity contribution in [2.45, 2.75) is 83.7 Å². The van der Waals surface area contributed by atoms with Crippen molar-refractivity contribution in [2.24, 2.45) is 34.5 Å². The lowest BCUT2D eigenvalue weighted by molar-refractivity contribution is -0.135. The van der Waals surface area contributed by atoms with Gasteiger partial charge in [-0.2, -0.15) is 5.26 Å². The molecular formula is C20H31NO. The van der Waals surface area contributed by atoms with Gasteiger partial charge in [-0.3, -0.25) is 0 Å². The zero-order chi connectivity index (χ0) is 15.6. The monoisotopic (exact) mass is 301 g/mol. The summed E-state index contributed by atoms with van der Waals surface area (Å²) in [5.74, 6) is 3.14. The molecule has 0 radical (unpaired) electrons. The van der Waals surface area contributed by atoms with E-state index >= 15 is 0 Å². The maximum atomic E-state index is 10.9. The molecule has 4 saturated carbocycles. The fourth-order valence-electron chi connectivity index (χ4n) is 7.49. The smallest absolute Gasteiger partial charge is 0.156 e. The SMILES string of the molecule is C[C@]12CCCC[C@@H]1CC[C@@H]1[C@H]2CC[C@@]2(C)[C@H]1CC[C@@]2(O)C#N. The maximum absolute atomic E-state index is 10.9. The van der Waals surface area contributed by atoms with Gasteiger partial charge >= 0.3 is 0 Å². The molecule has 2 heteroatoms. The van der Waals surface area contributed by atoms with Crippen molar-refractivity contribution in [3.63, 3.8) is 0 Å². The third-order valence-electron chi connectivity index (χ3n) is 8.92. The van der Waals surface area contributed by atoms with Crippen LogP contribution in [0, 0.1) is 45.8 Å². The first-order valence-electron chi connectivity index (χ1n) is 9.58. The summed E-state index contributed by atoms with van der Waals surface area (Å²) < 4.78 is 0. The van der Waals surface area contributed by atoms with Crippen molar-refractivity contribution in [1.29, 1.82) is 5.26 Å². The van der Waals surface area contributed by atoms with E-state index in [1.807, 2.05) is 0 Å². The Morgan fingerprint density at radius 3 is 2.45 bits per heavy atom. The lowest BCUT2D eigenvalue weighted by Crippen LogP contribution is -2.55. The summed E-state index contributed by atoms with van der Waals surface area (Å²) in [6.07, 6.45) is 12.6. The zero-order valence-electron chi connectivity index (χ0n) is 14.3. The highest BCUT2D eigenvalue weighted by molar-refractivity contribution is 5.20. The summed E-state index contributed by atoms with van der Waals surface area (Å²) in [5, 5.41) is 20.4. The minimum atomic E-state index is -1.06. The van der Waals surface area contributed by atoms with Crippen molar-refractivity contribution < 1.29 is 5.11 Å². The molecule has 4 fully saturated rings. The number of nitrogens with zero attached hydrogens (tertiary/aromatic N) is 1. The van der Waals surface area contributed by atoms with Crippen LogP contribution in [0.25, 0.3) is 0 Å². The summed E-state index contributed by atoms with van der Waals surface area (Å²) in [6, 6.07) is 2.30. The van der Waals surface area contributed by atoms with E-state index in [0.717, 1.165) is 30.6 Å². The summed E-state index contributed by atoms with van der Waals surface area (Å²) in [4.78, 5) is 0. The molecule has 0 aromatic heterocycles. The van der Waals surface area contributed by atoms with Gasteiger partial charge in [-0.1, -0.05) is 26.7 Å². The van der Waals surface area contributed by atoms with Crippen LogP contribution in [-0.2, 0) is 0 Å². The van der Waals surface area contributed by atoms with Crippen LogP contribution in [-0.4, -0.2) is 10.7 Å². The van der Waals surface area contributed by atoms with E-state index in [4.69, 9.17) is 0 Å². The van der Waals surface area contributed by atoms with Gasteiger partial charge in [0.15, 0.2) is 5.60 Å². The standard InChI is InChI=1S/C20H31NO/c1-18-10-4-3-5-14(18)6-7-15-16(18)8-11-19(2)17(15)9-12-20(19,22)13-21/h14-17,22H,3-12H2,1-2H3/t14-,15-,16-,17+,18+,19+,20-/m1/s1. The highest BCUT2D eigenvalue weighted by atomic mass is 16.3. The lowest BCUT2D eigenvalue weighted by atomic mass is 9.44. The van der Waals surface area contributed by atoms with Gasteiger partial charge in [-0.15, -0.1) is 0 Å². The van der Waals surface area contributed by atoms with Gasteiger partial charge in [0.25, 0.3) is 0 Å². The third-order valence-corrected chi connectivity index (χ3v) is 8.92. The quantitative estimate of drug-likeness (QED) is 0.661. The molecule has 7 atom stereocenters. The molecule has 4 rings (SSSR count). The Balaban J connectivity index is 1.67. The van der Waals surface area contributed by atoms with E-state index in [1.54, 1.807) is 0 Å². The van der Waals surface area contributed by atoms with Crippen LogP contribution in [0.3, 0.4) is 0 Å². The van der Waals surface area contributed by atoms with Gasteiger partial charge in [0.05, 0.1) is 6.07 Å². The number of aliphatic hydroxyl groups is 1. The molecule has 0 amide bonds. The Hall–Kier alpha value is -0.550. The van der Waals surface area contributed by atoms with Gasteiger partial charge < -0.3 is 5.11 Å². The first-order valence-corrected chi connectivity index (χ1v) is 9.58. The molecular weight excluding hydrogens is 270 g/mol. The van der Waals surface area contributed by atoms with Crippen molar-refractivity contribution in [2.75, 3.05) is 0 Å². The maximum Gasteiger partial charge on any atom is 0.156 e. The minimum absolute atomic E-state index is 0.152. The molecule has 0 spiro atoms. The second-order valence-corrected chi connectivity index (χ2v) is 9.37. The molecule has 122 valence electrons. The Kier molecular flexibility index (Phi) is 3.22. The average molecular weight is 301 g/mol. The fraction of sp³-hybridized carbons (Fsp3) is 0.950. The average Bonchev–Trinajstić information content (AvgIpc) is 2.79. The van der Waals surface area contributed by atoms with E-state index < -0.39 is 5.60 Å². The third kappa shape index (κ3) is 1.70. The number of fused-ring (bicyclic) bond motifs is 5. The van der Waals surface area contributed by atoms with Crippen molar-refractivity contribution in [3.05, 3.63) is 0 Å². The first-order chi connectivity index (χ1) is 10.4. The summed E-state index contributed by atoms with van der Waals surface area (Å²) >= 11 is 0. The largest absolute Gasteiger partial charge is 0.375 e. The molecule has 4 aliphatic rings. The Bertz CT molecular complexity index is 510. The van der Waals surface area contributed by atoms with Crippen molar-refractivity contribution in [1.82, 2.24) is 0 Å². The molecule has 0 bridgehead atoms. The summed E-state index contributed by atoms with van der Waals surface area (Å²) in [6.45, 7) is 4.81. The van der Waals surface area contributed by atoms with E-state index in [9.17, 15) is 10.4 Å². The van der Waals surface area contributed by atoms with E-state index in [2.05, 4.69) is 19.9 Å². The predicted molar refractivity (Wildman–Crippen MR) is 86.9 cm³/mol. The second kappa shape index (κ2) is 4.73. The second-order valence-electron chi connectivity index (χ2n) is 9.37. The normalized spacial score (nSPS) is 57.4. The fourth-order valence-corrected chi connectivity index (χ4v) is 7.49. The summed E-state index contributed by atoms with van der Waals surface area (Å²) in [7, 11) is 0. The van der Waals surface area contributed by atoms with Crippen LogP contribution >= 0.6 is 0 Å². The van der Waals surface area contributed by atoms with Crippen LogP contribution in [0.1, 0.15) is 78.1 Å². The van der Waals surface area contributed by atoms with E-state index in [1.165, 1.54) is 44.9 Å². The molecule has 0 saturated heterocycles. The zero-order valence-corrected chi connectivity index (χ0v) is 14.3. The number of rotatable bonds is 0. The van der Waals surface area contributed by atoms with Gasteiger partial charge in [-0.05, 0) is 80.5 Å². The predicted octanol–water partition coefficient (Wildman–Crippen LogP) is 4.67. The topological polar surface area (TPSA) is 44.0 Å². The highest BCUT2D eigenvalue weighted by Crippen LogP contribution is 2.68. The van der Waals surface area contributed by atoms with Gasteiger partial charge in [0.2, 0.25) is 0 Å². The Morgan fingerprint density at radius 2 is 1.68 bits per heavy atom. The highest BCUT2D eigenvalue weighted by Gasteiger charge is 2.64. The molecule has 0 aromatic carbocycles. The van der Waals surface area contributed by atoms with Crippen molar-refractivity contribution in [3.8, 4) is 6.07 Å². The first kappa shape index (κ1) is 15.0. The molecule has 1 N–H and O–H groups in total. The van der Waals surface area contributed by atoms with Crippen LogP contribution in [0.4, 0.5) is 0 Å². The van der Waals surface area contributed by atoms with Crippen LogP contribution < -0.4 is 0 Å². The van der Waals surface area contributed by atoms with E-state index in [-0.39, 0.29) is 5.41 Å². The Morgan fingerprint density at radius 1 is 0.909 bits per heavy atom. The van der Waals surface area contributed by atoms with Gasteiger partial charge in [0.1, 0.15) is 0 Å². The lowest BCUT2D eigenvalue weighted by Gasteiger charge is -2.60. The van der Waals surface area contributed by atoms with Gasteiger partial charge in [-0.25, -0.2) is 0 Å². The number of hydrogen-bond donors (Lipinski definition) is 1. The molecule has 0 aromatic rings. The molecule has 4 aliphatic carbocycles. The molecule has 0 heterocycles. The number of hydrogen-bond acceptors (Lipinski definition) is 2. The Labute approximate surface area is 135 Å². The summed E-state index contributed by atoms with van der Waals surface area (Å²) in [5.41, 5.74) is -0.663. The molecule has 0 aliphatic heterocycles.